The number of nitrogens with one attached hydrogen (secondary N) is 1. The van der Waals surface area contributed by atoms with Gasteiger partial charge in [-0.2, -0.15) is 0 Å². The summed E-state index contributed by atoms with van der Waals surface area (Å²) in [6.45, 7) is 2.11. The maximum Gasteiger partial charge on any atom is 0.211 e. The van der Waals surface area contributed by atoms with Gasteiger partial charge in [-0.25, -0.2) is 0 Å². The Morgan fingerprint density at radius 3 is 2.62 bits per heavy atom. The highest BCUT2D eigenvalue weighted by molar-refractivity contribution is 5.50. The molecule has 13 heavy (non-hydrogen) atoms. The molecule has 0 aromatic heterocycles. The van der Waals surface area contributed by atoms with Crippen LogP contribution < -0.4 is 5.32 Å². The third-order valence-electron chi connectivity index (χ3n) is 2.69. The van der Waals surface area contributed by atoms with Crippen molar-refractivity contribution in [2.75, 3.05) is 0 Å². The number of amides is 1. The summed E-state index contributed by atoms with van der Waals surface area (Å²) in [6, 6.07) is 0. The van der Waals surface area contributed by atoms with Crippen molar-refractivity contribution in [2.24, 2.45) is 5.92 Å². The highest BCUT2D eigenvalue weighted by atomic mass is 16.1. The molecule has 2 heteroatoms. The van der Waals surface area contributed by atoms with Gasteiger partial charge in [0.2, 0.25) is 6.41 Å². The first-order valence-electron chi connectivity index (χ1n) is 5.28. The molecule has 1 saturated carbocycles. The normalized spacial score (nSPS) is 19.9. The van der Waals surface area contributed by atoms with Gasteiger partial charge >= 0.3 is 0 Å². The van der Waals surface area contributed by atoms with E-state index >= 15 is 0 Å². The molecule has 1 rings (SSSR count). The van der Waals surface area contributed by atoms with E-state index in [-0.39, 0.29) is 0 Å². The molecule has 0 radical (unpaired) electrons. The second-order valence-corrected chi connectivity index (χ2v) is 3.66. The highest BCUT2D eigenvalue weighted by Crippen LogP contribution is 2.28. The van der Waals surface area contributed by atoms with E-state index in [2.05, 4.69) is 18.3 Å². The number of hydrogen-bond donors (Lipinski definition) is 1. The van der Waals surface area contributed by atoms with Crippen molar-refractivity contribution in [2.45, 2.75) is 45.4 Å². The molecule has 0 saturated heterocycles. The van der Waals surface area contributed by atoms with Crippen molar-refractivity contribution in [3.63, 3.8) is 0 Å². The van der Waals surface area contributed by atoms with Crippen LogP contribution in [0, 0.1) is 5.92 Å². The first-order chi connectivity index (χ1) is 6.38. The Morgan fingerprint density at radius 2 is 2.08 bits per heavy atom. The average molecular weight is 181 g/mol. The lowest BCUT2D eigenvalue weighted by Gasteiger charge is -2.23. The summed E-state index contributed by atoms with van der Waals surface area (Å²) in [7, 11) is 0. The predicted octanol–water partition coefficient (Wildman–Crippen LogP) is 2.61. The molecule has 1 aliphatic rings. The Bertz CT molecular complexity index is 181. The SMILES string of the molecule is CCC=C(NC=O)C1CCCCC1. The van der Waals surface area contributed by atoms with Crippen LogP contribution in [0.2, 0.25) is 0 Å². The van der Waals surface area contributed by atoms with Gasteiger partial charge in [0.1, 0.15) is 0 Å². The standard InChI is InChI=1S/C11H19NO/c1-2-6-11(12-9-13)10-7-4-3-5-8-10/h6,9-10H,2-5,7-8H2,1H3,(H,12,13). The Hall–Kier alpha value is -0.790. The number of carbonyl (C=O) groups is 1. The van der Waals surface area contributed by atoms with Crippen molar-refractivity contribution >= 4 is 6.41 Å². The molecule has 1 fully saturated rings. The maximum atomic E-state index is 10.4. The summed E-state index contributed by atoms with van der Waals surface area (Å²) in [6.07, 6.45) is 10.4. The minimum Gasteiger partial charge on any atom is -0.332 e. The van der Waals surface area contributed by atoms with Crippen molar-refractivity contribution in [1.82, 2.24) is 5.32 Å². The van der Waals surface area contributed by atoms with Gasteiger partial charge in [0.15, 0.2) is 0 Å². The van der Waals surface area contributed by atoms with Crippen LogP contribution in [0.25, 0.3) is 0 Å². The molecule has 74 valence electrons. The topological polar surface area (TPSA) is 29.1 Å². The van der Waals surface area contributed by atoms with Crippen LogP contribution in [-0.2, 0) is 4.79 Å². The third kappa shape index (κ3) is 3.21. The zero-order valence-electron chi connectivity index (χ0n) is 8.38. The second-order valence-electron chi connectivity index (χ2n) is 3.66. The molecule has 1 amide bonds. The van der Waals surface area contributed by atoms with Crippen LogP contribution in [0.4, 0.5) is 0 Å². The monoisotopic (exact) mass is 181 g/mol. The molecule has 0 unspecified atom stereocenters. The summed E-state index contributed by atoms with van der Waals surface area (Å²) >= 11 is 0. The molecule has 0 bridgehead atoms. The van der Waals surface area contributed by atoms with E-state index in [1.54, 1.807) is 0 Å². The lowest BCUT2D eigenvalue weighted by atomic mass is 9.86. The molecule has 0 atom stereocenters. The Kier molecular flexibility index (Phi) is 4.58. The Labute approximate surface area is 80.4 Å². The molecule has 0 spiro atoms. The third-order valence-corrected chi connectivity index (χ3v) is 2.69. The van der Waals surface area contributed by atoms with Crippen LogP contribution in [0.1, 0.15) is 45.4 Å². The van der Waals surface area contributed by atoms with Crippen molar-refractivity contribution in [3.8, 4) is 0 Å². The summed E-state index contributed by atoms with van der Waals surface area (Å²) < 4.78 is 0. The smallest absolute Gasteiger partial charge is 0.211 e. The van der Waals surface area contributed by atoms with Gasteiger partial charge in [0.25, 0.3) is 0 Å². The lowest BCUT2D eigenvalue weighted by Crippen LogP contribution is -2.21. The van der Waals surface area contributed by atoms with Crippen molar-refractivity contribution in [3.05, 3.63) is 11.8 Å². The minimum atomic E-state index is 0.610. The van der Waals surface area contributed by atoms with Gasteiger partial charge < -0.3 is 5.32 Å². The fourth-order valence-corrected chi connectivity index (χ4v) is 2.04. The molecule has 2 nitrogen and oxygen atoms in total. The number of rotatable bonds is 4. The van der Waals surface area contributed by atoms with Crippen molar-refractivity contribution < 1.29 is 4.79 Å². The largest absolute Gasteiger partial charge is 0.332 e. The summed E-state index contributed by atoms with van der Waals surface area (Å²) in [5, 5.41) is 2.83. The van der Waals surface area contributed by atoms with Gasteiger partial charge in [0, 0.05) is 5.70 Å². The van der Waals surface area contributed by atoms with Gasteiger partial charge in [-0.3, -0.25) is 4.79 Å². The van der Waals surface area contributed by atoms with Crippen LogP contribution in [0.5, 0.6) is 0 Å². The Balaban J connectivity index is 2.51. The predicted molar refractivity (Wildman–Crippen MR) is 54.1 cm³/mol. The van der Waals surface area contributed by atoms with Gasteiger partial charge in [-0.15, -0.1) is 0 Å². The minimum absolute atomic E-state index is 0.610. The molecule has 0 aromatic carbocycles. The molecule has 0 heterocycles. The molecule has 1 aliphatic carbocycles. The number of allylic oxidation sites excluding steroid dienone is 2. The molecular weight excluding hydrogens is 162 g/mol. The molecule has 0 aromatic rings. The van der Waals surface area contributed by atoms with E-state index in [0.717, 1.165) is 18.5 Å². The van der Waals surface area contributed by atoms with E-state index < -0.39 is 0 Å². The molecule has 0 aliphatic heterocycles. The van der Waals surface area contributed by atoms with E-state index in [1.807, 2.05) is 0 Å². The maximum absolute atomic E-state index is 10.4. The first kappa shape index (κ1) is 10.3. The molecular formula is C11H19NO. The number of hydrogen-bond acceptors (Lipinski definition) is 1. The van der Waals surface area contributed by atoms with E-state index in [0.29, 0.717) is 5.92 Å². The average Bonchev–Trinajstić information content (AvgIpc) is 2.19. The summed E-state index contributed by atoms with van der Waals surface area (Å²) in [5.74, 6) is 0.610. The van der Waals surface area contributed by atoms with E-state index in [9.17, 15) is 4.79 Å². The fraction of sp³-hybridized carbons (Fsp3) is 0.727. The Morgan fingerprint density at radius 1 is 1.38 bits per heavy atom. The van der Waals surface area contributed by atoms with Crippen molar-refractivity contribution in [1.29, 1.82) is 0 Å². The van der Waals surface area contributed by atoms with Crippen LogP contribution in [0.3, 0.4) is 0 Å². The quantitative estimate of drug-likeness (QED) is 0.664. The summed E-state index contributed by atoms with van der Waals surface area (Å²) in [4.78, 5) is 10.4. The highest BCUT2D eigenvalue weighted by Gasteiger charge is 2.16. The van der Waals surface area contributed by atoms with Crippen LogP contribution in [0.15, 0.2) is 11.8 Å². The van der Waals surface area contributed by atoms with Crippen LogP contribution >= 0.6 is 0 Å². The lowest BCUT2D eigenvalue weighted by molar-refractivity contribution is -0.109. The number of carbonyl (C=O) groups excluding carboxylic acids is 1. The first-order valence-corrected chi connectivity index (χ1v) is 5.28. The van der Waals surface area contributed by atoms with Crippen LogP contribution in [-0.4, -0.2) is 6.41 Å². The van der Waals surface area contributed by atoms with Gasteiger partial charge in [-0.1, -0.05) is 32.3 Å². The zero-order chi connectivity index (χ0) is 9.52. The van der Waals surface area contributed by atoms with Gasteiger partial charge in [0.05, 0.1) is 0 Å². The molecule has 1 N–H and O–H groups in total. The zero-order valence-corrected chi connectivity index (χ0v) is 8.38. The van der Waals surface area contributed by atoms with E-state index in [4.69, 9.17) is 0 Å². The van der Waals surface area contributed by atoms with Gasteiger partial charge in [-0.05, 0) is 25.2 Å². The van der Waals surface area contributed by atoms with E-state index in [1.165, 1.54) is 32.1 Å². The summed E-state index contributed by atoms with van der Waals surface area (Å²) in [5.41, 5.74) is 1.15. The second kappa shape index (κ2) is 5.79. The fourth-order valence-electron chi connectivity index (χ4n) is 2.04.